The number of nitrogens with one attached hydrogen (secondary N) is 2. The van der Waals surface area contributed by atoms with Crippen molar-refractivity contribution in [3.05, 3.63) is 30.6 Å². The molecule has 0 saturated heterocycles. The van der Waals surface area contributed by atoms with Gasteiger partial charge in [0.25, 0.3) is 0 Å². The van der Waals surface area contributed by atoms with E-state index in [2.05, 4.69) is 60.7 Å². The predicted molar refractivity (Wildman–Crippen MR) is 147 cm³/mol. The summed E-state index contributed by atoms with van der Waals surface area (Å²) in [5.74, 6) is 0.807. The van der Waals surface area contributed by atoms with Crippen LogP contribution >= 0.6 is 0 Å². The van der Waals surface area contributed by atoms with Gasteiger partial charge in [0, 0.05) is 58.2 Å². The monoisotopic (exact) mass is 511 g/mol. The van der Waals surface area contributed by atoms with Gasteiger partial charge in [-0.05, 0) is 57.7 Å². The number of amides is 2. The van der Waals surface area contributed by atoms with Gasteiger partial charge in [0.1, 0.15) is 5.69 Å². The summed E-state index contributed by atoms with van der Waals surface area (Å²) in [5, 5.41) is 15.1. The van der Waals surface area contributed by atoms with Gasteiger partial charge < -0.3 is 20.4 Å². The lowest BCUT2D eigenvalue weighted by atomic mass is 10.1. The van der Waals surface area contributed by atoms with E-state index in [1.165, 1.54) is 11.4 Å². The Balaban J connectivity index is 1.75. The number of aryl methyl sites for hydroxylation is 2. The quantitative estimate of drug-likeness (QED) is 0.230. The number of carbonyl (C=O) groups is 2. The number of azo groups is 1. The maximum Gasteiger partial charge on any atom is 0.421 e. The van der Waals surface area contributed by atoms with Crippen molar-refractivity contribution < 1.29 is 14.2 Å². The molecule has 0 bridgehead atoms. The summed E-state index contributed by atoms with van der Waals surface area (Å²) in [6, 6.07) is 6.34. The standard InChI is InChI=1S/C27H42N8O2/c1-5-32-17-18-33(6-2)26-21-24(11-12-25(26)32)30-31-27-34(15-9-7-13-28-22(3)36)19-20-35(27)16-10-8-14-29-23(4)37/h11-12,19-21H,5-10,13-18H2,1-4H3,(H-,28,29,36,37)/p+1. The number of likely N-dealkylation sites (N-methyl/N-ethyl adjacent to an activating group) is 2. The zero-order valence-corrected chi connectivity index (χ0v) is 22.9. The first kappa shape index (κ1) is 28.1. The topological polar surface area (TPSA) is 98.2 Å². The third kappa shape index (κ3) is 8.30. The van der Waals surface area contributed by atoms with Crippen LogP contribution in [-0.2, 0) is 22.7 Å². The van der Waals surface area contributed by atoms with Crippen LogP contribution in [0.5, 0.6) is 0 Å². The van der Waals surface area contributed by atoms with Crippen molar-refractivity contribution in [2.75, 3.05) is 49.1 Å². The van der Waals surface area contributed by atoms with Crippen LogP contribution in [0.4, 0.5) is 23.0 Å². The minimum absolute atomic E-state index is 0.00121. The van der Waals surface area contributed by atoms with Gasteiger partial charge in [-0.1, -0.05) is 5.11 Å². The number of unbranched alkanes of at least 4 members (excludes halogenated alkanes) is 2. The molecule has 0 aliphatic carbocycles. The zero-order chi connectivity index (χ0) is 26.6. The fourth-order valence-corrected chi connectivity index (χ4v) is 4.60. The van der Waals surface area contributed by atoms with Gasteiger partial charge >= 0.3 is 5.95 Å². The van der Waals surface area contributed by atoms with Gasteiger partial charge in [0.05, 0.1) is 36.9 Å². The maximum absolute atomic E-state index is 11.1. The molecule has 2 amide bonds. The summed E-state index contributed by atoms with van der Waals surface area (Å²) in [4.78, 5) is 27.1. The molecule has 3 rings (SSSR count). The molecule has 0 unspecified atom stereocenters. The number of nitrogens with zero attached hydrogens (tertiary/aromatic N) is 6. The van der Waals surface area contributed by atoms with Crippen molar-refractivity contribution in [3.63, 3.8) is 0 Å². The van der Waals surface area contributed by atoms with E-state index in [0.717, 1.165) is 76.6 Å². The van der Waals surface area contributed by atoms with Gasteiger partial charge in [-0.15, -0.1) is 0 Å². The number of hydrogen-bond donors (Lipinski definition) is 2. The molecule has 1 aromatic heterocycles. The number of benzene rings is 1. The van der Waals surface area contributed by atoms with Gasteiger partial charge in [-0.3, -0.25) is 9.59 Å². The lowest BCUT2D eigenvalue weighted by Crippen LogP contribution is -2.40. The summed E-state index contributed by atoms with van der Waals surface area (Å²) in [5.41, 5.74) is 3.31. The number of rotatable bonds is 14. The summed E-state index contributed by atoms with van der Waals surface area (Å²) in [6.45, 7) is 14.4. The molecule has 1 aliphatic rings. The van der Waals surface area contributed by atoms with Crippen molar-refractivity contribution in [2.45, 2.75) is 66.5 Å². The minimum Gasteiger partial charge on any atom is -0.368 e. The molecule has 1 aromatic carbocycles. The molecule has 0 radical (unpaired) electrons. The van der Waals surface area contributed by atoms with E-state index in [4.69, 9.17) is 5.11 Å². The molecular weight excluding hydrogens is 468 g/mol. The highest BCUT2D eigenvalue weighted by molar-refractivity contribution is 5.77. The highest BCUT2D eigenvalue weighted by atomic mass is 16.2. The van der Waals surface area contributed by atoms with Crippen LogP contribution in [0.2, 0.25) is 0 Å². The van der Waals surface area contributed by atoms with E-state index >= 15 is 0 Å². The second-order valence-corrected chi connectivity index (χ2v) is 9.40. The van der Waals surface area contributed by atoms with Crippen LogP contribution in [0.1, 0.15) is 53.4 Å². The molecule has 2 heterocycles. The molecule has 0 spiro atoms. The van der Waals surface area contributed by atoms with Crippen molar-refractivity contribution in [2.24, 2.45) is 10.2 Å². The summed E-state index contributed by atoms with van der Waals surface area (Å²) < 4.78 is 4.25. The van der Waals surface area contributed by atoms with Gasteiger partial charge in [-0.2, -0.15) is 0 Å². The molecule has 0 fully saturated rings. The van der Waals surface area contributed by atoms with E-state index in [1.54, 1.807) is 13.8 Å². The van der Waals surface area contributed by atoms with Gasteiger partial charge in [0.2, 0.25) is 11.8 Å². The summed E-state index contributed by atoms with van der Waals surface area (Å²) in [6.07, 6.45) is 7.75. The Labute approximate surface area is 220 Å². The van der Waals surface area contributed by atoms with Crippen molar-refractivity contribution >= 4 is 34.8 Å². The number of imidazole rings is 1. The fourth-order valence-electron chi connectivity index (χ4n) is 4.60. The van der Waals surface area contributed by atoms with Gasteiger partial charge in [0.15, 0.2) is 0 Å². The number of aromatic nitrogens is 2. The van der Waals surface area contributed by atoms with Gasteiger partial charge in [-0.25, -0.2) is 9.13 Å². The average molecular weight is 512 g/mol. The molecule has 0 saturated carbocycles. The highest BCUT2D eigenvalue weighted by Gasteiger charge is 2.22. The normalized spacial score (nSPS) is 13.2. The molecule has 0 atom stereocenters. The Hall–Kier alpha value is -3.43. The molecular formula is C27H43N8O2+. The molecule has 2 aromatic rings. The molecule has 37 heavy (non-hydrogen) atoms. The number of fused-ring (bicyclic) bond motifs is 1. The van der Waals surface area contributed by atoms with Crippen molar-refractivity contribution in [3.8, 4) is 0 Å². The first-order valence-corrected chi connectivity index (χ1v) is 13.6. The second-order valence-electron chi connectivity index (χ2n) is 9.40. The summed E-state index contributed by atoms with van der Waals surface area (Å²) >= 11 is 0. The largest absolute Gasteiger partial charge is 0.421 e. The Morgan fingerprint density at radius 3 is 2.19 bits per heavy atom. The lowest BCUT2D eigenvalue weighted by Gasteiger charge is -2.38. The lowest BCUT2D eigenvalue weighted by molar-refractivity contribution is -0.684. The van der Waals surface area contributed by atoms with E-state index in [-0.39, 0.29) is 11.8 Å². The molecule has 1 aliphatic heterocycles. The van der Waals surface area contributed by atoms with Crippen LogP contribution in [0.3, 0.4) is 0 Å². The predicted octanol–water partition coefficient (Wildman–Crippen LogP) is 3.69. The average Bonchev–Trinajstić information content (AvgIpc) is 3.27. The molecule has 2 N–H and O–H groups in total. The highest BCUT2D eigenvalue weighted by Crippen LogP contribution is 2.36. The third-order valence-corrected chi connectivity index (χ3v) is 6.64. The van der Waals surface area contributed by atoms with E-state index in [0.29, 0.717) is 13.1 Å². The Bertz CT molecular complexity index is 1020. The van der Waals surface area contributed by atoms with Crippen LogP contribution in [0, 0.1) is 0 Å². The number of carbonyl (C=O) groups excluding carboxylic acids is 2. The zero-order valence-electron chi connectivity index (χ0n) is 22.9. The maximum atomic E-state index is 11.1. The third-order valence-electron chi connectivity index (χ3n) is 6.64. The smallest absolute Gasteiger partial charge is 0.368 e. The first-order valence-electron chi connectivity index (χ1n) is 13.6. The number of anilines is 2. The van der Waals surface area contributed by atoms with Crippen molar-refractivity contribution in [1.29, 1.82) is 0 Å². The van der Waals surface area contributed by atoms with Crippen LogP contribution in [-0.4, -0.2) is 55.6 Å². The van der Waals surface area contributed by atoms with Crippen molar-refractivity contribution in [1.82, 2.24) is 15.2 Å². The van der Waals surface area contributed by atoms with Crippen LogP contribution < -0.4 is 25.0 Å². The Morgan fingerprint density at radius 1 is 0.892 bits per heavy atom. The molecule has 10 heteroatoms. The molecule has 202 valence electrons. The van der Waals surface area contributed by atoms with Crippen LogP contribution in [0.15, 0.2) is 40.8 Å². The minimum atomic E-state index is 0.00121. The van der Waals surface area contributed by atoms with E-state index < -0.39 is 0 Å². The van der Waals surface area contributed by atoms with E-state index in [1.807, 2.05) is 18.5 Å². The number of hydrogen-bond acceptors (Lipinski definition) is 6. The first-order chi connectivity index (χ1) is 17.9. The fraction of sp³-hybridized carbons (Fsp3) is 0.593. The SMILES string of the molecule is CCN1CCN(CC)c2cc(/N=N/c3n(CCCCNC(C)=O)cc[n+]3CCCCNC(C)=O)ccc21. The second kappa shape index (κ2) is 14.3. The Kier molecular flexibility index (Phi) is 10.9. The van der Waals surface area contributed by atoms with Crippen LogP contribution in [0.25, 0.3) is 0 Å². The van der Waals surface area contributed by atoms with E-state index in [9.17, 15) is 9.59 Å². The Morgan fingerprint density at radius 2 is 1.54 bits per heavy atom. The summed E-state index contributed by atoms with van der Waals surface area (Å²) in [7, 11) is 0. The molecule has 10 nitrogen and oxygen atoms in total.